The Hall–Kier alpha value is -2.99. The lowest BCUT2D eigenvalue weighted by Gasteiger charge is -2.21. The van der Waals surface area contributed by atoms with Gasteiger partial charge in [-0.1, -0.05) is 48.9 Å². The molecule has 0 aliphatic heterocycles. The molecule has 2 aromatic carbocycles. The van der Waals surface area contributed by atoms with Crippen LogP contribution in [0.1, 0.15) is 53.3 Å². The highest BCUT2D eigenvalue weighted by Crippen LogP contribution is 2.15. The minimum Gasteiger partial charge on any atom is -0.447 e. The largest absolute Gasteiger partial charge is 0.447 e. The summed E-state index contributed by atoms with van der Waals surface area (Å²) in [5.74, 6) is -0.0185. The average Bonchev–Trinajstić information content (AvgIpc) is 3.20. The molecule has 0 spiro atoms. The van der Waals surface area contributed by atoms with Crippen molar-refractivity contribution in [1.29, 1.82) is 0 Å². The van der Waals surface area contributed by atoms with Gasteiger partial charge in [0.05, 0.1) is 6.54 Å². The summed E-state index contributed by atoms with van der Waals surface area (Å²) in [6.45, 7) is 7.72. The van der Waals surface area contributed by atoms with Gasteiger partial charge in [-0.05, 0) is 43.5 Å². The molecule has 0 saturated carbocycles. The van der Waals surface area contributed by atoms with E-state index in [0.29, 0.717) is 25.5 Å². The summed E-state index contributed by atoms with van der Waals surface area (Å²) < 4.78 is 18.8. The van der Waals surface area contributed by atoms with Crippen LogP contribution < -0.4 is 5.32 Å². The van der Waals surface area contributed by atoms with E-state index in [1.165, 1.54) is 24.0 Å². The van der Waals surface area contributed by atoms with E-state index in [1.54, 1.807) is 12.1 Å². The van der Waals surface area contributed by atoms with Crippen molar-refractivity contribution in [2.45, 2.75) is 52.9 Å². The third-order valence-corrected chi connectivity index (χ3v) is 4.98. The Labute approximate surface area is 176 Å². The first-order chi connectivity index (χ1) is 14.4. The Morgan fingerprint density at radius 1 is 1.07 bits per heavy atom. The van der Waals surface area contributed by atoms with E-state index in [1.807, 2.05) is 13.8 Å². The van der Waals surface area contributed by atoms with Crippen LogP contribution in [0.3, 0.4) is 0 Å². The molecule has 1 heterocycles. The molecule has 158 valence electrons. The Kier molecular flexibility index (Phi) is 7.36. The molecule has 1 aromatic heterocycles. The molecule has 3 aromatic rings. The van der Waals surface area contributed by atoms with Gasteiger partial charge in [-0.25, -0.2) is 9.37 Å². The quantitative estimate of drug-likeness (QED) is 0.549. The minimum atomic E-state index is -0.256. The van der Waals surface area contributed by atoms with Crippen molar-refractivity contribution >= 4 is 5.91 Å². The Bertz CT molecular complexity index is 904. The van der Waals surface area contributed by atoms with Gasteiger partial charge in [0.25, 0.3) is 5.91 Å². The van der Waals surface area contributed by atoms with Gasteiger partial charge in [0.15, 0.2) is 5.69 Å². The summed E-state index contributed by atoms with van der Waals surface area (Å²) in [5.41, 5.74) is 3.63. The highest BCUT2D eigenvalue weighted by Gasteiger charge is 2.17. The maximum Gasteiger partial charge on any atom is 0.273 e. The number of halogens is 1. The van der Waals surface area contributed by atoms with Gasteiger partial charge < -0.3 is 9.73 Å². The van der Waals surface area contributed by atoms with Gasteiger partial charge in [-0.3, -0.25) is 9.69 Å². The number of carbonyl (C=O) groups is 1. The molecular weight excluding hydrogens is 381 g/mol. The Morgan fingerprint density at radius 3 is 2.27 bits per heavy atom. The number of hydrogen-bond acceptors (Lipinski definition) is 4. The zero-order valence-electron chi connectivity index (χ0n) is 17.7. The summed E-state index contributed by atoms with van der Waals surface area (Å²) >= 11 is 0. The first-order valence-corrected chi connectivity index (χ1v) is 10.2. The summed E-state index contributed by atoms with van der Waals surface area (Å²) in [4.78, 5) is 18.8. The summed E-state index contributed by atoms with van der Waals surface area (Å²) in [6.07, 6.45) is 2.24. The zero-order valence-corrected chi connectivity index (χ0v) is 17.7. The lowest BCUT2D eigenvalue weighted by Crippen LogP contribution is -2.32. The van der Waals surface area contributed by atoms with Crippen molar-refractivity contribution in [3.05, 3.63) is 88.9 Å². The van der Waals surface area contributed by atoms with Gasteiger partial charge in [0, 0.05) is 19.1 Å². The fourth-order valence-electron chi connectivity index (χ4n) is 3.05. The van der Waals surface area contributed by atoms with Crippen LogP contribution in [0.25, 0.3) is 0 Å². The molecular formula is C24H28FN3O2. The summed E-state index contributed by atoms with van der Waals surface area (Å²) in [5, 5.41) is 2.89. The van der Waals surface area contributed by atoms with Gasteiger partial charge in [0.2, 0.25) is 5.89 Å². The number of aromatic nitrogens is 1. The molecule has 0 bridgehead atoms. The van der Waals surface area contributed by atoms with Gasteiger partial charge >= 0.3 is 0 Å². The maximum absolute atomic E-state index is 13.3. The third kappa shape index (κ3) is 6.26. The molecule has 0 radical (unpaired) electrons. The van der Waals surface area contributed by atoms with Crippen molar-refractivity contribution < 1.29 is 13.6 Å². The van der Waals surface area contributed by atoms with Crippen LogP contribution in [0.5, 0.6) is 0 Å². The predicted octanol–water partition coefficient (Wildman–Crippen LogP) is 4.85. The van der Waals surface area contributed by atoms with E-state index in [4.69, 9.17) is 4.42 Å². The molecule has 1 N–H and O–H groups in total. The maximum atomic E-state index is 13.3. The molecule has 30 heavy (non-hydrogen) atoms. The molecule has 6 heteroatoms. The second-order valence-electron chi connectivity index (χ2n) is 7.67. The monoisotopic (exact) mass is 409 g/mol. The first kappa shape index (κ1) is 21.7. The molecule has 5 nitrogen and oxygen atoms in total. The van der Waals surface area contributed by atoms with Gasteiger partial charge in [-0.15, -0.1) is 0 Å². The number of benzene rings is 2. The normalized spacial score (nSPS) is 12.2. The molecule has 1 amide bonds. The highest BCUT2D eigenvalue weighted by atomic mass is 19.1. The lowest BCUT2D eigenvalue weighted by molar-refractivity contribution is 0.0934. The molecule has 1 atom stereocenters. The summed E-state index contributed by atoms with van der Waals surface area (Å²) in [7, 11) is 0. The molecule has 0 saturated heterocycles. The Balaban J connectivity index is 1.73. The smallest absolute Gasteiger partial charge is 0.273 e. The van der Waals surface area contributed by atoms with Gasteiger partial charge in [0.1, 0.15) is 12.1 Å². The number of nitrogens with one attached hydrogen (secondary N) is 1. The highest BCUT2D eigenvalue weighted by molar-refractivity contribution is 5.92. The first-order valence-electron chi connectivity index (χ1n) is 10.2. The van der Waals surface area contributed by atoms with Crippen LogP contribution in [0, 0.1) is 12.7 Å². The number of amides is 1. The van der Waals surface area contributed by atoms with Gasteiger partial charge in [-0.2, -0.15) is 0 Å². The fraction of sp³-hybridized carbons (Fsp3) is 0.333. The van der Waals surface area contributed by atoms with Crippen LogP contribution >= 0.6 is 0 Å². The van der Waals surface area contributed by atoms with Crippen molar-refractivity contribution in [2.75, 3.05) is 0 Å². The fourth-order valence-corrected chi connectivity index (χ4v) is 3.05. The molecule has 0 unspecified atom stereocenters. The number of nitrogens with zero attached hydrogens (tertiary/aromatic N) is 2. The topological polar surface area (TPSA) is 58.4 Å². The number of rotatable bonds is 9. The number of carbonyl (C=O) groups excluding carboxylic acids is 1. The second-order valence-corrected chi connectivity index (χ2v) is 7.67. The number of aryl methyl sites for hydroxylation is 1. The third-order valence-electron chi connectivity index (χ3n) is 4.98. The van der Waals surface area contributed by atoms with Crippen LogP contribution in [-0.2, 0) is 19.6 Å². The van der Waals surface area contributed by atoms with E-state index < -0.39 is 0 Å². The van der Waals surface area contributed by atoms with E-state index in [2.05, 4.69) is 46.4 Å². The number of oxazole rings is 1. The minimum absolute atomic E-state index is 0.0779. The molecule has 0 fully saturated rings. The number of hydrogen-bond donors (Lipinski definition) is 1. The predicted molar refractivity (Wildman–Crippen MR) is 114 cm³/mol. The van der Waals surface area contributed by atoms with Crippen LogP contribution in [0.2, 0.25) is 0 Å². The van der Waals surface area contributed by atoms with Crippen molar-refractivity contribution in [3.8, 4) is 0 Å². The van der Waals surface area contributed by atoms with E-state index >= 15 is 0 Å². The molecule has 0 aliphatic rings. The summed E-state index contributed by atoms with van der Waals surface area (Å²) in [6, 6.07) is 14.9. The zero-order chi connectivity index (χ0) is 21.5. The molecule has 3 rings (SSSR count). The van der Waals surface area contributed by atoms with Crippen LogP contribution in [0.4, 0.5) is 4.39 Å². The van der Waals surface area contributed by atoms with E-state index in [0.717, 1.165) is 17.5 Å². The second kappa shape index (κ2) is 10.2. The van der Waals surface area contributed by atoms with E-state index in [-0.39, 0.29) is 23.5 Å². The standard InChI is InChI=1S/C24H28FN3O2/c1-4-18(3)26-24(29)22-16-30-23(27-22)15-28(13-19-7-5-17(2)6-8-19)14-20-9-11-21(25)12-10-20/h5-12,16,18H,4,13-15H2,1-3H3,(H,26,29)/t18-/m0/s1. The van der Waals surface area contributed by atoms with Crippen molar-refractivity contribution in [2.24, 2.45) is 0 Å². The van der Waals surface area contributed by atoms with Crippen molar-refractivity contribution in [3.63, 3.8) is 0 Å². The lowest BCUT2D eigenvalue weighted by atomic mass is 10.1. The van der Waals surface area contributed by atoms with Crippen molar-refractivity contribution in [1.82, 2.24) is 15.2 Å². The Morgan fingerprint density at radius 2 is 1.67 bits per heavy atom. The molecule has 0 aliphatic carbocycles. The average molecular weight is 410 g/mol. The van der Waals surface area contributed by atoms with Crippen LogP contribution in [0.15, 0.2) is 59.2 Å². The van der Waals surface area contributed by atoms with Crippen LogP contribution in [-0.4, -0.2) is 21.8 Å². The van der Waals surface area contributed by atoms with E-state index in [9.17, 15) is 9.18 Å². The SMILES string of the molecule is CC[C@H](C)NC(=O)c1coc(CN(Cc2ccc(C)cc2)Cc2ccc(F)cc2)n1.